The minimum Gasteiger partial charge on any atom is -0.497 e. The van der Waals surface area contributed by atoms with Crippen molar-refractivity contribution in [1.82, 2.24) is 0 Å². The Morgan fingerprint density at radius 3 is 2.39 bits per heavy atom. The van der Waals surface area contributed by atoms with E-state index >= 15 is 0 Å². The average Bonchev–Trinajstić information content (AvgIpc) is 2.41. The Hall–Kier alpha value is -0.550. The van der Waals surface area contributed by atoms with Crippen molar-refractivity contribution < 1.29 is 4.74 Å². The molecule has 0 saturated heterocycles. The van der Waals surface area contributed by atoms with Crippen LogP contribution in [0.4, 0.5) is 0 Å². The van der Waals surface area contributed by atoms with Gasteiger partial charge in [-0.3, -0.25) is 0 Å². The second-order valence-electron chi connectivity index (χ2n) is 4.11. The van der Waals surface area contributed by atoms with Crippen LogP contribution in [0.15, 0.2) is 42.5 Å². The van der Waals surface area contributed by atoms with E-state index in [2.05, 4.69) is 75.8 Å². The molecule has 0 fully saturated rings. The van der Waals surface area contributed by atoms with Crippen LogP contribution in [-0.4, -0.2) is 7.11 Å². The summed E-state index contributed by atoms with van der Waals surface area (Å²) in [6.07, 6.45) is 0. The second-order valence-corrected chi connectivity index (χ2v) is 6.11. The molecule has 3 heteroatoms. The number of aryl methyl sites for hydroxylation is 1. The van der Waals surface area contributed by atoms with Gasteiger partial charge >= 0.3 is 0 Å². The Morgan fingerprint density at radius 1 is 1.11 bits per heavy atom. The van der Waals surface area contributed by atoms with E-state index in [0.29, 0.717) is 0 Å². The van der Waals surface area contributed by atoms with Gasteiger partial charge in [0.05, 0.1) is 11.9 Å². The highest BCUT2D eigenvalue weighted by Crippen LogP contribution is 2.35. The van der Waals surface area contributed by atoms with Crippen molar-refractivity contribution in [1.29, 1.82) is 0 Å². The first kappa shape index (κ1) is 13.9. The van der Waals surface area contributed by atoms with E-state index in [9.17, 15) is 0 Å². The van der Waals surface area contributed by atoms with Crippen molar-refractivity contribution >= 4 is 38.5 Å². The molecule has 2 aromatic rings. The number of alkyl halides is 1. The molecule has 0 radical (unpaired) electrons. The molecule has 0 saturated carbocycles. The van der Waals surface area contributed by atoms with Crippen molar-refractivity contribution in [2.24, 2.45) is 0 Å². The smallest absolute Gasteiger partial charge is 0.118 e. The molecule has 1 atom stereocenters. The first-order valence-corrected chi connectivity index (χ1v) is 7.66. The fourth-order valence-corrected chi connectivity index (χ4v) is 3.60. The molecule has 2 aromatic carbocycles. The summed E-state index contributed by atoms with van der Waals surface area (Å²) in [6, 6.07) is 14.6. The summed E-state index contributed by atoms with van der Waals surface area (Å²) in [5.74, 6) is 0.886. The summed E-state index contributed by atoms with van der Waals surface area (Å²) in [4.78, 5) is 0.218. The van der Waals surface area contributed by atoms with Crippen LogP contribution in [0.2, 0.25) is 0 Å². The molecule has 0 N–H and O–H groups in total. The van der Waals surface area contributed by atoms with Gasteiger partial charge in [0, 0.05) is 3.57 Å². The molecule has 0 spiro atoms. The predicted octanol–water partition coefficient (Wildman–Crippen LogP) is 5.09. The third kappa shape index (κ3) is 2.88. The number of ether oxygens (including phenoxy) is 1. The number of hydrogen-bond acceptors (Lipinski definition) is 1. The Morgan fingerprint density at radius 2 is 1.78 bits per heavy atom. The van der Waals surface area contributed by atoms with E-state index in [1.807, 2.05) is 12.1 Å². The number of methoxy groups -OCH3 is 1. The van der Waals surface area contributed by atoms with Gasteiger partial charge in [-0.05, 0) is 58.3 Å². The van der Waals surface area contributed by atoms with Crippen LogP contribution in [-0.2, 0) is 0 Å². The van der Waals surface area contributed by atoms with Gasteiger partial charge < -0.3 is 4.74 Å². The zero-order valence-corrected chi connectivity index (χ0v) is 14.0. The second kappa shape index (κ2) is 6.06. The first-order valence-electron chi connectivity index (χ1n) is 5.66. The minimum absolute atomic E-state index is 0.218. The zero-order chi connectivity index (χ0) is 13.1. The van der Waals surface area contributed by atoms with E-state index in [1.54, 1.807) is 7.11 Å². The van der Waals surface area contributed by atoms with Crippen LogP contribution >= 0.6 is 38.5 Å². The molecule has 1 nitrogen and oxygen atoms in total. The Kier molecular flexibility index (Phi) is 4.67. The lowest BCUT2D eigenvalue weighted by Gasteiger charge is -2.14. The Balaban J connectivity index is 2.35. The molecule has 94 valence electrons. The van der Waals surface area contributed by atoms with Crippen LogP contribution in [0.1, 0.15) is 21.5 Å². The quantitative estimate of drug-likeness (QED) is 0.500. The van der Waals surface area contributed by atoms with E-state index in [-0.39, 0.29) is 4.83 Å². The lowest BCUT2D eigenvalue weighted by Crippen LogP contribution is -1.97. The van der Waals surface area contributed by atoms with E-state index in [1.165, 1.54) is 20.3 Å². The fraction of sp³-hybridized carbons (Fsp3) is 0.200. The maximum absolute atomic E-state index is 5.18. The molecule has 0 aliphatic heterocycles. The van der Waals surface area contributed by atoms with E-state index < -0.39 is 0 Å². The van der Waals surface area contributed by atoms with E-state index in [4.69, 9.17) is 4.74 Å². The summed E-state index contributed by atoms with van der Waals surface area (Å²) < 4.78 is 6.49. The van der Waals surface area contributed by atoms with Crippen molar-refractivity contribution in [2.75, 3.05) is 7.11 Å². The molecular formula is C15H14BrIO. The molecular weight excluding hydrogens is 403 g/mol. The number of benzene rings is 2. The van der Waals surface area contributed by atoms with Gasteiger partial charge in [-0.25, -0.2) is 0 Å². The fourth-order valence-electron chi connectivity index (χ4n) is 1.82. The summed E-state index contributed by atoms with van der Waals surface area (Å²) in [5, 5.41) is 0. The SMILES string of the molecule is COc1ccc(C(Br)c2cccc(C)c2I)cc1. The topological polar surface area (TPSA) is 9.23 Å². The van der Waals surface area contributed by atoms with Crippen molar-refractivity contribution in [2.45, 2.75) is 11.8 Å². The standard InChI is InChI=1S/C15H14BrIO/c1-10-4-3-5-13(15(10)17)14(16)11-6-8-12(18-2)9-7-11/h3-9,14H,1-2H3. The largest absolute Gasteiger partial charge is 0.497 e. The van der Waals surface area contributed by atoms with E-state index in [0.717, 1.165) is 5.75 Å². The molecule has 0 heterocycles. The third-order valence-electron chi connectivity index (χ3n) is 2.90. The molecule has 0 amide bonds. The lowest BCUT2D eigenvalue weighted by atomic mass is 10.0. The average molecular weight is 417 g/mol. The highest BCUT2D eigenvalue weighted by Gasteiger charge is 2.14. The third-order valence-corrected chi connectivity index (χ3v) is 5.40. The maximum atomic E-state index is 5.18. The van der Waals surface area contributed by atoms with Gasteiger partial charge in [-0.2, -0.15) is 0 Å². The highest BCUT2D eigenvalue weighted by atomic mass is 127. The molecule has 0 aliphatic rings. The summed E-state index contributed by atoms with van der Waals surface area (Å²) in [5.41, 5.74) is 3.85. The van der Waals surface area contributed by atoms with Gasteiger partial charge in [-0.1, -0.05) is 46.3 Å². The molecule has 0 aliphatic carbocycles. The van der Waals surface area contributed by atoms with Crippen LogP contribution in [0.5, 0.6) is 5.75 Å². The van der Waals surface area contributed by atoms with Crippen molar-refractivity contribution in [3.8, 4) is 5.75 Å². The minimum atomic E-state index is 0.218. The predicted molar refractivity (Wildman–Crippen MR) is 87.7 cm³/mol. The lowest BCUT2D eigenvalue weighted by molar-refractivity contribution is 0.414. The van der Waals surface area contributed by atoms with Gasteiger partial charge in [0.2, 0.25) is 0 Å². The maximum Gasteiger partial charge on any atom is 0.118 e. The van der Waals surface area contributed by atoms with Crippen LogP contribution in [0, 0.1) is 10.5 Å². The Labute approximate surface area is 130 Å². The van der Waals surface area contributed by atoms with Gasteiger partial charge in [-0.15, -0.1) is 0 Å². The summed E-state index contributed by atoms with van der Waals surface area (Å²) in [7, 11) is 1.68. The molecule has 2 rings (SSSR count). The normalized spacial score (nSPS) is 12.2. The number of halogens is 2. The van der Waals surface area contributed by atoms with Crippen molar-refractivity contribution in [3.63, 3.8) is 0 Å². The molecule has 0 bridgehead atoms. The highest BCUT2D eigenvalue weighted by molar-refractivity contribution is 14.1. The summed E-state index contributed by atoms with van der Waals surface area (Å²) in [6.45, 7) is 2.14. The van der Waals surface area contributed by atoms with Crippen LogP contribution in [0.3, 0.4) is 0 Å². The van der Waals surface area contributed by atoms with Crippen LogP contribution < -0.4 is 4.74 Å². The number of hydrogen-bond donors (Lipinski definition) is 0. The van der Waals surface area contributed by atoms with Crippen molar-refractivity contribution in [3.05, 3.63) is 62.7 Å². The van der Waals surface area contributed by atoms with Gasteiger partial charge in [0.1, 0.15) is 5.75 Å². The van der Waals surface area contributed by atoms with Gasteiger partial charge in [0.15, 0.2) is 0 Å². The van der Waals surface area contributed by atoms with Crippen LogP contribution in [0.25, 0.3) is 0 Å². The summed E-state index contributed by atoms with van der Waals surface area (Å²) >= 11 is 6.19. The Bertz CT molecular complexity index is 537. The molecule has 18 heavy (non-hydrogen) atoms. The van der Waals surface area contributed by atoms with Gasteiger partial charge in [0.25, 0.3) is 0 Å². The first-order chi connectivity index (χ1) is 8.63. The molecule has 1 unspecified atom stereocenters. The molecule has 0 aromatic heterocycles. The zero-order valence-electron chi connectivity index (χ0n) is 10.3. The number of rotatable bonds is 3. The monoisotopic (exact) mass is 416 g/mol.